The van der Waals surface area contributed by atoms with Crippen LogP contribution in [0.15, 0.2) is 24.3 Å². The molecular formula is C14H15ClN2O. The molecule has 0 spiro atoms. The quantitative estimate of drug-likeness (QED) is 0.792. The molecule has 0 unspecified atom stereocenters. The summed E-state index contributed by atoms with van der Waals surface area (Å²) >= 11 is 6.13. The van der Waals surface area contributed by atoms with Crippen LogP contribution in [0, 0.1) is 6.92 Å². The number of halogens is 1. The molecule has 0 radical (unpaired) electrons. The highest BCUT2D eigenvalue weighted by atomic mass is 35.5. The molecule has 0 atom stereocenters. The summed E-state index contributed by atoms with van der Waals surface area (Å²) in [6.45, 7) is 4.00. The molecule has 94 valence electrons. The predicted molar refractivity (Wildman–Crippen MR) is 73.1 cm³/mol. The average molecular weight is 263 g/mol. The molecule has 0 bridgehead atoms. The summed E-state index contributed by atoms with van der Waals surface area (Å²) in [6.07, 6.45) is 0.844. The Bertz CT molecular complexity index is 552. The normalized spacial score (nSPS) is 10.4. The van der Waals surface area contributed by atoms with Gasteiger partial charge in [-0.15, -0.1) is 0 Å². The lowest BCUT2D eigenvalue weighted by molar-refractivity contribution is 0.415. The van der Waals surface area contributed by atoms with Crippen molar-refractivity contribution in [3.63, 3.8) is 0 Å². The molecule has 1 heterocycles. The van der Waals surface area contributed by atoms with E-state index in [0.717, 1.165) is 29.0 Å². The molecule has 18 heavy (non-hydrogen) atoms. The van der Waals surface area contributed by atoms with Gasteiger partial charge in [-0.1, -0.05) is 18.5 Å². The fourth-order valence-corrected chi connectivity index (χ4v) is 1.94. The van der Waals surface area contributed by atoms with E-state index in [1.807, 2.05) is 31.2 Å². The minimum atomic E-state index is 0.521. The maximum absolute atomic E-state index is 6.13. The largest absolute Gasteiger partial charge is 0.497 e. The number of benzene rings is 1. The van der Waals surface area contributed by atoms with Crippen LogP contribution >= 0.6 is 11.6 Å². The average Bonchev–Trinajstić information content (AvgIpc) is 2.42. The van der Waals surface area contributed by atoms with Crippen LogP contribution < -0.4 is 4.74 Å². The van der Waals surface area contributed by atoms with Crippen LogP contribution in [0.25, 0.3) is 11.4 Å². The van der Waals surface area contributed by atoms with Gasteiger partial charge in [0.15, 0.2) is 5.82 Å². The number of hydrogen-bond donors (Lipinski definition) is 0. The lowest BCUT2D eigenvalue weighted by Crippen LogP contribution is -1.99. The van der Waals surface area contributed by atoms with Gasteiger partial charge in [0.05, 0.1) is 7.11 Å². The van der Waals surface area contributed by atoms with Crippen LogP contribution in [0.1, 0.15) is 18.2 Å². The smallest absolute Gasteiger partial charge is 0.161 e. The molecule has 0 saturated heterocycles. The van der Waals surface area contributed by atoms with Crippen LogP contribution in [0.4, 0.5) is 0 Å². The molecule has 0 fully saturated rings. The summed E-state index contributed by atoms with van der Waals surface area (Å²) in [4.78, 5) is 8.86. The van der Waals surface area contributed by atoms with E-state index in [1.165, 1.54) is 0 Å². The standard InChI is InChI=1S/C14H15ClN2O/c1-4-12-9(2)13(15)17-14(16-12)10-5-7-11(18-3)8-6-10/h5-8H,4H2,1-3H3. The molecule has 1 aromatic carbocycles. The maximum Gasteiger partial charge on any atom is 0.161 e. The number of hydrogen-bond acceptors (Lipinski definition) is 3. The second kappa shape index (κ2) is 5.36. The Balaban J connectivity index is 2.46. The Morgan fingerprint density at radius 3 is 2.39 bits per heavy atom. The fourth-order valence-electron chi connectivity index (χ4n) is 1.75. The maximum atomic E-state index is 6.13. The molecule has 0 aliphatic carbocycles. The molecular weight excluding hydrogens is 248 g/mol. The number of methoxy groups -OCH3 is 1. The van der Waals surface area contributed by atoms with Crippen LogP contribution in [0.3, 0.4) is 0 Å². The van der Waals surface area contributed by atoms with Crippen molar-refractivity contribution in [2.24, 2.45) is 0 Å². The van der Waals surface area contributed by atoms with Crippen molar-refractivity contribution >= 4 is 11.6 Å². The van der Waals surface area contributed by atoms with E-state index in [2.05, 4.69) is 16.9 Å². The van der Waals surface area contributed by atoms with Crippen molar-refractivity contribution in [3.05, 3.63) is 40.7 Å². The van der Waals surface area contributed by atoms with Crippen molar-refractivity contribution < 1.29 is 4.74 Å². The summed E-state index contributed by atoms with van der Waals surface area (Å²) in [6, 6.07) is 7.63. The third kappa shape index (κ3) is 2.46. The first-order chi connectivity index (χ1) is 8.65. The molecule has 0 N–H and O–H groups in total. The molecule has 3 nitrogen and oxygen atoms in total. The minimum absolute atomic E-state index is 0.521. The lowest BCUT2D eigenvalue weighted by Gasteiger charge is -2.08. The third-order valence-corrected chi connectivity index (χ3v) is 3.24. The topological polar surface area (TPSA) is 35.0 Å². The number of rotatable bonds is 3. The van der Waals surface area contributed by atoms with Gasteiger partial charge in [0.2, 0.25) is 0 Å². The fraction of sp³-hybridized carbons (Fsp3) is 0.286. The highest BCUT2D eigenvalue weighted by molar-refractivity contribution is 6.30. The monoisotopic (exact) mass is 262 g/mol. The Morgan fingerprint density at radius 1 is 1.17 bits per heavy atom. The Hall–Kier alpha value is -1.61. The molecule has 1 aromatic heterocycles. The van der Waals surface area contributed by atoms with Gasteiger partial charge in [-0.05, 0) is 37.6 Å². The first-order valence-corrected chi connectivity index (χ1v) is 6.21. The molecule has 0 aliphatic rings. The highest BCUT2D eigenvalue weighted by Gasteiger charge is 2.09. The number of aromatic nitrogens is 2. The van der Waals surface area contributed by atoms with Crippen molar-refractivity contribution in [1.29, 1.82) is 0 Å². The van der Waals surface area contributed by atoms with Gasteiger partial charge in [-0.2, -0.15) is 0 Å². The van der Waals surface area contributed by atoms with Crippen molar-refractivity contribution in [2.45, 2.75) is 20.3 Å². The summed E-state index contributed by atoms with van der Waals surface area (Å²) in [7, 11) is 1.64. The van der Waals surface area contributed by atoms with E-state index in [-0.39, 0.29) is 0 Å². The van der Waals surface area contributed by atoms with Gasteiger partial charge in [0, 0.05) is 16.8 Å². The van der Waals surface area contributed by atoms with E-state index in [4.69, 9.17) is 16.3 Å². The lowest BCUT2D eigenvalue weighted by atomic mass is 10.1. The van der Waals surface area contributed by atoms with Gasteiger partial charge >= 0.3 is 0 Å². The van der Waals surface area contributed by atoms with Gasteiger partial charge in [-0.25, -0.2) is 9.97 Å². The van der Waals surface area contributed by atoms with E-state index in [1.54, 1.807) is 7.11 Å². The van der Waals surface area contributed by atoms with Crippen LogP contribution in [0.2, 0.25) is 5.15 Å². The van der Waals surface area contributed by atoms with Crippen LogP contribution in [0.5, 0.6) is 5.75 Å². The number of aryl methyl sites for hydroxylation is 1. The van der Waals surface area contributed by atoms with Gasteiger partial charge in [-0.3, -0.25) is 0 Å². The van der Waals surface area contributed by atoms with Gasteiger partial charge in [0.1, 0.15) is 10.9 Å². The molecule has 2 aromatic rings. The third-order valence-electron chi connectivity index (χ3n) is 2.87. The molecule has 2 rings (SSSR count). The Kier molecular flexibility index (Phi) is 3.82. The van der Waals surface area contributed by atoms with Gasteiger partial charge in [0.25, 0.3) is 0 Å². The molecule has 0 saturated carbocycles. The van der Waals surface area contributed by atoms with Crippen LogP contribution in [-0.2, 0) is 6.42 Å². The molecule has 0 amide bonds. The SMILES string of the molecule is CCc1nc(-c2ccc(OC)cc2)nc(Cl)c1C. The molecule has 0 aliphatic heterocycles. The summed E-state index contributed by atoms with van der Waals surface area (Å²) in [5, 5.41) is 0.521. The van der Waals surface area contributed by atoms with Crippen LogP contribution in [-0.4, -0.2) is 17.1 Å². The van der Waals surface area contributed by atoms with E-state index < -0.39 is 0 Å². The predicted octanol–water partition coefficient (Wildman–Crippen LogP) is 3.68. The highest BCUT2D eigenvalue weighted by Crippen LogP contribution is 2.23. The van der Waals surface area contributed by atoms with E-state index in [0.29, 0.717) is 11.0 Å². The summed E-state index contributed by atoms with van der Waals surface area (Å²) < 4.78 is 5.13. The van der Waals surface area contributed by atoms with Crippen molar-refractivity contribution in [2.75, 3.05) is 7.11 Å². The first kappa shape index (κ1) is 12.8. The Labute approximate surface area is 112 Å². The zero-order chi connectivity index (χ0) is 13.1. The zero-order valence-electron chi connectivity index (χ0n) is 10.7. The first-order valence-electron chi connectivity index (χ1n) is 5.83. The second-order valence-corrected chi connectivity index (χ2v) is 4.35. The van der Waals surface area contributed by atoms with E-state index in [9.17, 15) is 0 Å². The number of nitrogens with zero attached hydrogens (tertiary/aromatic N) is 2. The van der Waals surface area contributed by atoms with Crippen molar-refractivity contribution in [3.8, 4) is 17.1 Å². The minimum Gasteiger partial charge on any atom is -0.497 e. The van der Waals surface area contributed by atoms with E-state index >= 15 is 0 Å². The van der Waals surface area contributed by atoms with Crippen molar-refractivity contribution in [1.82, 2.24) is 9.97 Å². The molecule has 4 heteroatoms. The second-order valence-electron chi connectivity index (χ2n) is 3.99. The number of ether oxygens (including phenoxy) is 1. The zero-order valence-corrected chi connectivity index (χ0v) is 11.5. The summed E-state index contributed by atoms with van der Waals surface area (Å²) in [5.41, 5.74) is 2.88. The Morgan fingerprint density at radius 2 is 1.83 bits per heavy atom. The summed E-state index contributed by atoms with van der Waals surface area (Å²) in [5.74, 6) is 1.47. The van der Waals surface area contributed by atoms with Gasteiger partial charge < -0.3 is 4.74 Å².